The minimum absolute atomic E-state index is 0.0318. The minimum Gasteiger partial charge on any atom is -0.484 e. The molecule has 1 fully saturated rings. The van der Waals surface area contributed by atoms with Crippen LogP contribution in [0, 0.1) is 17.0 Å². The number of nitro groups is 1. The van der Waals surface area contributed by atoms with Crippen LogP contribution in [0.2, 0.25) is 0 Å². The molecule has 0 saturated carbocycles. The number of morpholine rings is 1. The Morgan fingerprint density at radius 2 is 2.33 bits per heavy atom. The number of amides is 1. The molecule has 1 saturated heterocycles. The largest absolute Gasteiger partial charge is 0.484 e. The first-order chi connectivity index (χ1) is 9.97. The van der Waals surface area contributed by atoms with Crippen LogP contribution >= 0.6 is 0 Å². The highest BCUT2D eigenvalue weighted by Crippen LogP contribution is 2.23. The number of rotatable bonds is 4. The standard InChI is InChI=1S/C14H18N2O5/c1-10-7-12(3-4-13(10)16(18)19)21-9-14(17)15-5-6-20-11(2)8-15/h3-4,7,11H,5-6,8-9H2,1-2H3. The van der Waals surface area contributed by atoms with E-state index in [9.17, 15) is 14.9 Å². The van der Waals surface area contributed by atoms with E-state index in [1.54, 1.807) is 17.9 Å². The Labute approximate surface area is 122 Å². The molecule has 7 heteroatoms. The topological polar surface area (TPSA) is 81.9 Å². The van der Waals surface area contributed by atoms with Gasteiger partial charge in [0.15, 0.2) is 6.61 Å². The van der Waals surface area contributed by atoms with Crippen LogP contribution in [0.3, 0.4) is 0 Å². The summed E-state index contributed by atoms with van der Waals surface area (Å²) < 4.78 is 10.8. The van der Waals surface area contributed by atoms with Crippen LogP contribution in [0.5, 0.6) is 5.75 Å². The molecule has 1 heterocycles. The van der Waals surface area contributed by atoms with Gasteiger partial charge in [0.2, 0.25) is 0 Å². The molecule has 7 nitrogen and oxygen atoms in total. The Balaban J connectivity index is 1.92. The second kappa shape index (κ2) is 6.53. The molecule has 0 aliphatic carbocycles. The molecule has 2 rings (SSSR count). The van der Waals surface area contributed by atoms with Gasteiger partial charge < -0.3 is 14.4 Å². The van der Waals surface area contributed by atoms with Crippen molar-refractivity contribution in [2.24, 2.45) is 0 Å². The van der Waals surface area contributed by atoms with E-state index in [0.29, 0.717) is 31.0 Å². The third kappa shape index (κ3) is 3.91. The quantitative estimate of drug-likeness (QED) is 0.621. The summed E-state index contributed by atoms with van der Waals surface area (Å²) in [5.41, 5.74) is 0.542. The van der Waals surface area contributed by atoms with Gasteiger partial charge in [-0.1, -0.05) is 0 Å². The molecule has 0 spiro atoms. The molecule has 1 amide bonds. The lowest BCUT2D eigenvalue weighted by Gasteiger charge is -2.31. The van der Waals surface area contributed by atoms with Crippen molar-refractivity contribution in [3.05, 3.63) is 33.9 Å². The minimum atomic E-state index is -0.445. The average molecular weight is 294 g/mol. The molecule has 1 atom stereocenters. The van der Waals surface area contributed by atoms with E-state index < -0.39 is 4.92 Å². The van der Waals surface area contributed by atoms with E-state index >= 15 is 0 Å². The van der Waals surface area contributed by atoms with Crippen molar-refractivity contribution < 1.29 is 19.2 Å². The lowest BCUT2D eigenvalue weighted by Crippen LogP contribution is -2.46. The average Bonchev–Trinajstić information content (AvgIpc) is 2.44. The van der Waals surface area contributed by atoms with Crippen molar-refractivity contribution in [3.63, 3.8) is 0 Å². The van der Waals surface area contributed by atoms with E-state index in [2.05, 4.69) is 0 Å². The van der Waals surface area contributed by atoms with Crippen molar-refractivity contribution in [1.82, 2.24) is 4.90 Å². The predicted octanol–water partition coefficient (Wildman–Crippen LogP) is 1.53. The second-order valence-corrected chi connectivity index (χ2v) is 5.02. The Morgan fingerprint density at radius 3 is 2.95 bits per heavy atom. The zero-order chi connectivity index (χ0) is 15.4. The monoisotopic (exact) mass is 294 g/mol. The van der Waals surface area contributed by atoms with Crippen LogP contribution < -0.4 is 4.74 Å². The molecule has 1 aliphatic rings. The number of hydrogen-bond acceptors (Lipinski definition) is 5. The van der Waals surface area contributed by atoms with E-state index in [4.69, 9.17) is 9.47 Å². The van der Waals surface area contributed by atoms with Gasteiger partial charge in [-0.25, -0.2) is 0 Å². The third-order valence-corrected chi connectivity index (χ3v) is 3.32. The Bertz CT molecular complexity index is 546. The number of nitrogens with zero attached hydrogens (tertiary/aromatic N) is 2. The number of nitro benzene ring substituents is 1. The summed E-state index contributed by atoms with van der Waals surface area (Å²) in [4.78, 5) is 24.0. The number of hydrogen-bond donors (Lipinski definition) is 0. The normalized spacial score (nSPS) is 18.4. The van der Waals surface area contributed by atoms with Crippen LogP contribution in [-0.2, 0) is 9.53 Å². The summed E-state index contributed by atoms with van der Waals surface area (Å²) >= 11 is 0. The molecule has 1 aromatic carbocycles. The maximum Gasteiger partial charge on any atom is 0.272 e. The van der Waals surface area contributed by atoms with Gasteiger partial charge in [0.1, 0.15) is 5.75 Å². The molecular weight excluding hydrogens is 276 g/mol. The second-order valence-electron chi connectivity index (χ2n) is 5.02. The lowest BCUT2D eigenvalue weighted by molar-refractivity contribution is -0.385. The highest BCUT2D eigenvalue weighted by Gasteiger charge is 2.21. The van der Waals surface area contributed by atoms with Crippen LogP contribution in [0.1, 0.15) is 12.5 Å². The molecule has 0 bridgehead atoms. The van der Waals surface area contributed by atoms with E-state index in [1.165, 1.54) is 12.1 Å². The van der Waals surface area contributed by atoms with Gasteiger partial charge in [0, 0.05) is 24.7 Å². The Kier molecular flexibility index (Phi) is 4.74. The molecule has 0 radical (unpaired) electrons. The highest BCUT2D eigenvalue weighted by molar-refractivity contribution is 5.77. The van der Waals surface area contributed by atoms with Gasteiger partial charge in [0.25, 0.3) is 11.6 Å². The summed E-state index contributed by atoms with van der Waals surface area (Å²) in [6.07, 6.45) is 0.0318. The van der Waals surface area contributed by atoms with E-state index in [1.807, 2.05) is 6.92 Å². The fourth-order valence-corrected chi connectivity index (χ4v) is 2.20. The molecule has 0 aromatic heterocycles. The number of aryl methyl sites for hydroxylation is 1. The molecule has 21 heavy (non-hydrogen) atoms. The highest BCUT2D eigenvalue weighted by atomic mass is 16.6. The van der Waals surface area contributed by atoms with Gasteiger partial charge in [-0.05, 0) is 26.0 Å². The SMILES string of the molecule is Cc1cc(OCC(=O)N2CCOC(C)C2)ccc1[N+](=O)[O-]. The first-order valence-electron chi connectivity index (χ1n) is 6.74. The summed E-state index contributed by atoms with van der Waals surface area (Å²) in [5, 5.41) is 10.7. The molecular formula is C14H18N2O5. The molecule has 114 valence electrons. The number of ether oxygens (including phenoxy) is 2. The van der Waals surface area contributed by atoms with Crippen LogP contribution in [0.4, 0.5) is 5.69 Å². The van der Waals surface area contributed by atoms with Crippen molar-refractivity contribution in [3.8, 4) is 5.75 Å². The van der Waals surface area contributed by atoms with E-state index in [-0.39, 0.29) is 24.3 Å². The Hall–Kier alpha value is -2.15. The summed E-state index contributed by atoms with van der Waals surface area (Å²) in [5.74, 6) is 0.342. The van der Waals surface area contributed by atoms with Gasteiger partial charge >= 0.3 is 0 Å². The maximum absolute atomic E-state index is 12.0. The van der Waals surface area contributed by atoms with Gasteiger partial charge in [-0.2, -0.15) is 0 Å². The Morgan fingerprint density at radius 1 is 1.57 bits per heavy atom. The van der Waals surface area contributed by atoms with Crippen LogP contribution in [0.15, 0.2) is 18.2 Å². The van der Waals surface area contributed by atoms with Crippen LogP contribution in [0.25, 0.3) is 0 Å². The molecule has 1 aromatic rings. The number of benzene rings is 1. The predicted molar refractivity (Wildman–Crippen MR) is 75.3 cm³/mol. The first-order valence-corrected chi connectivity index (χ1v) is 6.74. The zero-order valence-corrected chi connectivity index (χ0v) is 12.1. The molecule has 1 aliphatic heterocycles. The molecule has 0 N–H and O–H groups in total. The lowest BCUT2D eigenvalue weighted by atomic mass is 10.2. The zero-order valence-electron chi connectivity index (χ0n) is 12.1. The summed E-state index contributed by atoms with van der Waals surface area (Å²) in [7, 11) is 0. The fourth-order valence-electron chi connectivity index (χ4n) is 2.20. The van der Waals surface area contributed by atoms with Crippen molar-refractivity contribution >= 4 is 11.6 Å². The fraction of sp³-hybridized carbons (Fsp3) is 0.500. The van der Waals surface area contributed by atoms with Crippen molar-refractivity contribution in [2.45, 2.75) is 20.0 Å². The maximum atomic E-state index is 12.0. The summed E-state index contributed by atoms with van der Waals surface area (Å²) in [6, 6.07) is 4.44. The summed E-state index contributed by atoms with van der Waals surface area (Å²) in [6.45, 7) is 5.12. The van der Waals surface area contributed by atoms with Gasteiger partial charge in [0.05, 0.1) is 17.6 Å². The number of carbonyl (C=O) groups is 1. The smallest absolute Gasteiger partial charge is 0.272 e. The molecule has 1 unspecified atom stereocenters. The van der Waals surface area contributed by atoms with Gasteiger partial charge in [-0.15, -0.1) is 0 Å². The van der Waals surface area contributed by atoms with Gasteiger partial charge in [-0.3, -0.25) is 14.9 Å². The van der Waals surface area contributed by atoms with Crippen molar-refractivity contribution in [2.75, 3.05) is 26.3 Å². The first kappa shape index (κ1) is 15.2. The van der Waals surface area contributed by atoms with Crippen molar-refractivity contribution in [1.29, 1.82) is 0 Å². The van der Waals surface area contributed by atoms with Crippen LogP contribution in [-0.4, -0.2) is 48.1 Å². The number of carbonyl (C=O) groups excluding carboxylic acids is 1. The van der Waals surface area contributed by atoms with E-state index in [0.717, 1.165) is 0 Å². The third-order valence-electron chi connectivity index (χ3n) is 3.32.